The van der Waals surface area contributed by atoms with Gasteiger partial charge in [-0.05, 0) is 41.7 Å². The summed E-state index contributed by atoms with van der Waals surface area (Å²) in [6.45, 7) is 3.02. The molecule has 182 valence electrons. The zero-order valence-corrected chi connectivity index (χ0v) is 19.4. The molecule has 35 heavy (non-hydrogen) atoms. The topological polar surface area (TPSA) is 71.3 Å². The van der Waals surface area contributed by atoms with E-state index in [9.17, 15) is 18.0 Å². The predicted octanol–water partition coefficient (Wildman–Crippen LogP) is 6.65. The maximum Gasteiger partial charge on any atom is 0.405 e. The number of halogens is 3. The van der Waals surface area contributed by atoms with Gasteiger partial charge in [-0.2, -0.15) is 18.3 Å². The van der Waals surface area contributed by atoms with Crippen molar-refractivity contribution in [1.29, 1.82) is 0 Å². The van der Waals surface area contributed by atoms with Crippen molar-refractivity contribution in [2.45, 2.75) is 38.8 Å². The quantitative estimate of drug-likeness (QED) is 0.310. The number of nitrogens with one attached hydrogen (secondary N) is 2. The van der Waals surface area contributed by atoms with Crippen molar-refractivity contribution in [3.8, 4) is 22.4 Å². The lowest BCUT2D eigenvalue weighted by atomic mass is 9.95. The normalized spacial score (nSPS) is 12.5. The summed E-state index contributed by atoms with van der Waals surface area (Å²) in [5.41, 5.74) is 5.71. The molecule has 0 bridgehead atoms. The minimum Gasteiger partial charge on any atom is -0.329 e. The molecule has 0 fully saturated rings. The molecule has 0 aliphatic heterocycles. The van der Waals surface area contributed by atoms with Gasteiger partial charge in [-0.15, -0.1) is 0 Å². The van der Waals surface area contributed by atoms with Crippen LogP contribution in [-0.4, -0.2) is 33.4 Å². The molecule has 2 heterocycles. The lowest BCUT2D eigenvalue weighted by Gasteiger charge is -2.11. The number of rotatable bonds is 7. The lowest BCUT2D eigenvalue weighted by Crippen LogP contribution is -2.36. The van der Waals surface area contributed by atoms with Crippen LogP contribution in [0.4, 0.5) is 23.7 Å². The number of nitrogens with zero attached hydrogens (tertiary/aromatic N) is 3. The van der Waals surface area contributed by atoms with E-state index in [1.165, 1.54) is 5.56 Å². The second-order valence-electron chi connectivity index (χ2n) is 8.47. The van der Waals surface area contributed by atoms with E-state index in [2.05, 4.69) is 53.5 Å². The molecule has 2 aromatic heterocycles. The maximum absolute atomic E-state index is 12.3. The van der Waals surface area contributed by atoms with E-state index in [0.29, 0.717) is 28.5 Å². The molecule has 0 saturated heterocycles. The van der Waals surface area contributed by atoms with Crippen LogP contribution in [0, 0.1) is 0 Å². The lowest BCUT2D eigenvalue weighted by molar-refractivity contribution is -0.122. The van der Waals surface area contributed by atoms with Crippen LogP contribution in [-0.2, 0) is 0 Å². The van der Waals surface area contributed by atoms with Gasteiger partial charge in [-0.1, -0.05) is 56.7 Å². The standard InChI is InChI=1S/C26H26F3N5O/c1-3-5-17(2)18-8-10-19(11-9-18)21-13-24-30-15-23(34(24)32-14-21)20-6-4-7-22(12-20)33-25(35)31-16-26(27,28)29/h4,6-15,17H,3,5,16H2,1-2H3,(H2,31,33,35). The smallest absolute Gasteiger partial charge is 0.329 e. The van der Waals surface area contributed by atoms with Gasteiger partial charge >= 0.3 is 12.2 Å². The average Bonchev–Trinajstić information content (AvgIpc) is 3.26. The minimum absolute atomic E-state index is 0.353. The van der Waals surface area contributed by atoms with E-state index < -0.39 is 18.8 Å². The van der Waals surface area contributed by atoms with Crippen LogP contribution >= 0.6 is 0 Å². The van der Waals surface area contributed by atoms with Crippen molar-refractivity contribution >= 4 is 17.4 Å². The fraction of sp³-hybridized carbons (Fsp3) is 0.269. The molecule has 0 saturated carbocycles. The van der Waals surface area contributed by atoms with Crippen molar-refractivity contribution in [3.05, 3.63) is 72.6 Å². The van der Waals surface area contributed by atoms with Gasteiger partial charge < -0.3 is 10.6 Å². The first-order chi connectivity index (χ1) is 16.7. The summed E-state index contributed by atoms with van der Waals surface area (Å²) in [7, 11) is 0. The van der Waals surface area contributed by atoms with Crippen molar-refractivity contribution in [1.82, 2.24) is 19.9 Å². The Bertz CT molecular complexity index is 1310. The molecular formula is C26H26F3N5O. The molecule has 2 aromatic carbocycles. The summed E-state index contributed by atoms with van der Waals surface area (Å²) in [4.78, 5) is 16.3. The third kappa shape index (κ3) is 5.98. The second kappa shape index (κ2) is 10.2. The van der Waals surface area contributed by atoms with E-state index in [-0.39, 0.29) is 0 Å². The monoisotopic (exact) mass is 481 g/mol. The molecule has 6 nitrogen and oxygen atoms in total. The van der Waals surface area contributed by atoms with Gasteiger partial charge in [0.1, 0.15) is 6.54 Å². The van der Waals surface area contributed by atoms with Gasteiger partial charge in [0.2, 0.25) is 0 Å². The third-order valence-corrected chi connectivity index (χ3v) is 5.76. The molecular weight excluding hydrogens is 455 g/mol. The Labute approximate surface area is 201 Å². The minimum atomic E-state index is -4.48. The fourth-order valence-electron chi connectivity index (χ4n) is 3.95. The number of amides is 2. The average molecular weight is 482 g/mol. The molecule has 0 aliphatic carbocycles. The maximum atomic E-state index is 12.3. The first kappa shape index (κ1) is 24.3. The number of carbonyl (C=O) groups is 1. The Balaban J connectivity index is 1.53. The summed E-state index contributed by atoms with van der Waals surface area (Å²) in [5, 5.41) is 8.76. The summed E-state index contributed by atoms with van der Waals surface area (Å²) in [6.07, 6.45) is 1.27. The Morgan fingerprint density at radius 1 is 1.03 bits per heavy atom. The zero-order valence-electron chi connectivity index (χ0n) is 19.4. The van der Waals surface area contributed by atoms with Crippen LogP contribution in [0.2, 0.25) is 0 Å². The van der Waals surface area contributed by atoms with Crippen molar-refractivity contribution < 1.29 is 18.0 Å². The number of benzene rings is 2. The van der Waals surface area contributed by atoms with E-state index in [1.807, 2.05) is 12.1 Å². The molecule has 2 amide bonds. The highest BCUT2D eigenvalue weighted by atomic mass is 19.4. The van der Waals surface area contributed by atoms with Crippen molar-refractivity contribution in [2.24, 2.45) is 0 Å². The van der Waals surface area contributed by atoms with E-state index in [1.54, 1.807) is 40.4 Å². The summed E-state index contributed by atoms with van der Waals surface area (Å²) in [5.74, 6) is 0.519. The Morgan fingerprint density at radius 3 is 2.51 bits per heavy atom. The highest BCUT2D eigenvalue weighted by Gasteiger charge is 2.27. The fourth-order valence-corrected chi connectivity index (χ4v) is 3.95. The summed E-state index contributed by atoms with van der Waals surface area (Å²) in [6, 6.07) is 16.3. The van der Waals surface area contributed by atoms with Crippen molar-refractivity contribution in [3.63, 3.8) is 0 Å². The van der Waals surface area contributed by atoms with Crippen LogP contribution in [0.15, 0.2) is 67.0 Å². The first-order valence-electron chi connectivity index (χ1n) is 11.4. The van der Waals surface area contributed by atoms with E-state index >= 15 is 0 Å². The zero-order chi connectivity index (χ0) is 25.0. The van der Waals surface area contributed by atoms with Gasteiger partial charge in [-0.3, -0.25) is 0 Å². The molecule has 0 aliphatic rings. The molecule has 4 aromatic rings. The van der Waals surface area contributed by atoms with E-state index in [0.717, 1.165) is 24.0 Å². The van der Waals surface area contributed by atoms with Crippen LogP contribution in [0.1, 0.15) is 38.2 Å². The number of anilines is 1. The second-order valence-corrected chi connectivity index (χ2v) is 8.47. The molecule has 1 unspecified atom stereocenters. The number of fused-ring (bicyclic) bond motifs is 1. The molecule has 9 heteroatoms. The van der Waals surface area contributed by atoms with Crippen molar-refractivity contribution in [2.75, 3.05) is 11.9 Å². The molecule has 1 atom stereocenters. The van der Waals surface area contributed by atoms with Crippen LogP contribution in [0.3, 0.4) is 0 Å². The van der Waals surface area contributed by atoms with Crippen LogP contribution < -0.4 is 10.6 Å². The number of urea groups is 1. The van der Waals surface area contributed by atoms with Crippen LogP contribution in [0.25, 0.3) is 28.0 Å². The number of aromatic nitrogens is 3. The first-order valence-corrected chi connectivity index (χ1v) is 11.4. The molecule has 0 radical (unpaired) electrons. The molecule has 2 N–H and O–H groups in total. The highest BCUT2D eigenvalue weighted by Crippen LogP contribution is 2.27. The number of hydrogen-bond acceptors (Lipinski definition) is 3. The Morgan fingerprint density at radius 2 is 1.80 bits per heavy atom. The van der Waals surface area contributed by atoms with Crippen LogP contribution in [0.5, 0.6) is 0 Å². The number of imidazole rings is 1. The number of alkyl halides is 3. The SMILES string of the molecule is CCCC(C)c1ccc(-c2cnn3c(-c4cccc(NC(=O)NCC(F)(F)F)c4)cnc3c2)cc1. The Hall–Kier alpha value is -3.88. The molecule has 0 spiro atoms. The van der Waals surface area contributed by atoms with Gasteiger partial charge in [0, 0.05) is 16.8 Å². The van der Waals surface area contributed by atoms with Gasteiger partial charge in [0.05, 0.1) is 18.1 Å². The summed E-state index contributed by atoms with van der Waals surface area (Å²) >= 11 is 0. The molecule has 4 rings (SSSR count). The predicted molar refractivity (Wildman–Crippen MR) is 130 cm³/mol. The Kier molecular flexibility index (Phi) is 7.04. The highest BCUT2D eigenvalue weighted by molar-refractivity contribution is 5.90. The van der Waals surface area contributed by atoms with Gasteiger partial charge in [0.15, 0.2) is 5.65 Å². The number of hydrogen-bond donors (Lipinski definition) is 2. The van der Waals surface area contributed by atoms with Gasteiger partial charge in [-0.25, -0.2) is 14.3 Å². The third-order valence-electron chi connectivity index (χ3n) is 5.76. The van der Waals surface area contributed by atoms with Gasteiger partial charge in [0.25, 0.3) is 0 Å². The van der Waals surface area contributed by atoms with E-state index in [4.69, 9.17) is 0 Å². The number of carbonyl (C=O) groups excluding carboxylic acids is 1. The largest absolute Gasteiger partial charge is 0.405 e. The summed E-state index contributed by atoms with van der Waals surface area (Å²) < 4.78 is 38.6.